The summed E-state index contributed by atoms with van der Waals surface area (Å²) in [6, 6.07) is 3.60. The summed E-state index contributed by atoms with van der Waals surface area (Å²) in [6.07, 6.45) is 3.64. The van der Waals surface area contributed by atoms with Gasteiger partial charge in [0.25, 0.3) is 15.9 Å². The predicted octanol–water partition coefficient (Wildman–Crippen LogP) is 3.41. The maximum Gasteiger partial charge on any atom is 0.359 e. The van der Waals surface area contributed by atoms with E-state index in [0.717, 1.165) is 19.3 Å². The molecular formula is C21H28FN3O5S. The lowest BCUT2D eigenvalue weighted by Crippen LogP contribution is -2.43. The van der Waals surface area contributed by atoms with Gasteiger partial charge in [-0.3, -0.25) is 9.18 Å². The first kappa shape index (κ1) is 23.2. The number of imide groups is 1. The molecule has 0 aromatic heterocycles. The van der Waals surface area contributed by atoms with E-state index in [1.807, 2.05) is 11.6 Å². The van der Waals surface area contributed by atoms with Crippen LogP contribution >= 0.6 is 0 Å². The van der Waals surface area contributed by atoms with Crippen molar-refractivity contribution in [1.82, 2.24) is 9.73 Å². The second-order valence-electron chi connectivity index (χ2n) is 7.69. The van der Waals surface area contributed by atoms with Crippen molar-refractivity contribution in [2.75, 3.05) is 13.3 Å². The minimum absolute atomic E-state index is 0.00150. The van der Waals surface area contributed by atoms with Crippen LogP contribution in [0.5, 0.6) is 5.75 Å². The minimum atomic E-state index is -4.36. The third-order valence-corrected chi connectivity index (χ3v) is 6.76. The van der Waals surface area contributed by atoms with Gasteiger partial charge in [0, 0.05) is 6.42 Å². The number of ether oxygens (including phenoxy) is 1. The average Bonchev–Trinajstić information content (AvgIpc) is 3.52. The van der Waals surface area contributed by atoms with Gasteiger partial charge in [0.05, 0.1) is 24.9 Å². The highest BCUT2D eigenvalue weighted by atomic mass is 32.2. The van der Waals surface area contributed by atoms with Gasteiger partial charge in [-0.1, -0.05) is 32.4 Å². The Morgan fingerprint density at radius 2 is 2.06 bits per heavy atom. The first-order valence-electron chi connectivity index (χ1n) is 10.6. The summed E-state index contributed by atoms with van der Waals surface area (Å²) in [5, 5.41) is 4.83. The summed E-state index contributed by atoms with van der Waals surface area (Å²) in [6.45, 7) is 3.12. The van der Waals surface area contributed by atoms with Gasteiger partial charge in [-0.15, -0.1) is 5.01 Å². The molecule has 1 saturated carbocycles. The van der Waals surface area contributed by atoms with Gasteiger partial charge in [0.15, 0.2) is 0 Å². The molecule has 1 atom stereocenters. The van der Waals surface area contributed by atoms with E-state index in [-0.39, 0.29) is 29.6 Å². The zero-order valence-electron chi connectivity index (χ0n) is 17.8. The Balaban J connectivity index is 1.85. The van der Waals surface area contributed by atoms with E-state index >= 15 is 0 Å². The number of hydrazone groups is 1. The fraction of sp³-hybridized carbons (Fsp3) is 0.571. The maximum absolute atomic E-state index is 13.1. The summed E-state index contributed by atoms with van der Waals surface area (Å²) >= 11 is 0. The van der Waals surface area contributed by atoms with Gasteiger partial charge in [-0.2, -0.15) is 5.10 Å². The molecule has 1 aliphatic heterocycles. The van der Waals surface area contributed by atoms with Crippen molar-refractivity contribution in [2.45, 2.75) is 57.3 Å². The molecule has 3 rings (SSSR count). The molecule has 1 heterocycles. The molecule has 1 aliphatic carbocycles. The van der Waals surface area contributed by atoms with E-state index in [2.05, 4.69) is 5.10 Å². The van der Waals surface area contributed by atoms with E-state index in [1.165, 1.54) is 6.07 Å². The van der Waals surface area contributed by atoms with Crippen molar-refractivity contribution in [3.05, 3.63) is 23.8 Å². The van der Waals surface area contributed by atoms with Crippen LogP contribution in [0.3, 0.4) is 0 Å². The molecule has 0 bridgehead atoms. The average molecular weight is 454 g/mol. The Morgan fingerprint density at radius 1 is 1.32 bits per heavy atom. The first-order valence-corrected chi connectivity index (χ1v) is 12.1. The lowest BCUT2D eigenvalue weighted by atomic mass is 9.95. The normalized spacial score (nSPS) is 18.8. The first-order chi connectivity index (χ1) is 14.8. The highest BCUT2D eigenvalue weighted by molar-refractivity contribution is 7.90. The zero-order valence-corrected chi connectivity index (χ0v) is 18.6. The van der Waals surface area contributed by atoms with Crippen molar-refractivity contribution >= 4 is 27.7 Å². The highest BCUT2D eigenvalue weighted by Gasteiger charge is 2.45. The van der Waals surface area contributed by atoms with Crippen LogP contribution in [0.25, 0.3) is 0 Å². The van der Waals surface area contributed by atoms with Crippen molar-refractivity contribution in [3.8, 4) is 5.75 Å². The van der Waals surface area contributed by atoms with E-state index in [0.29, 0.717) is 29.1 Å². The molecule has 8 nitrogen and oxygen atoms in total. The summed E-state index contributed by atoms with van der Waals surface area (Å²) in [7, 11) is -4.36. The smallest absolute Gasteiger partial charge is 0.359 e. The minimum Gasteiger partial charge on any atom is -0.492 e. The van der Waals surface area contributed by atoms with Gasteiger partial charge in [-0.05, 0) is 43.2 Å². The summed E-state index contributed by atoms with van der Waals surface area (Å²) in [4.78, 5) is 25.3. The SMILES string of the molecule is CCCC1C(=O)N(C(=O)NS(=O)(=O)c2c(CC)cccc2OCCCF)N=C1C1CC1. The van der Waals surface area contributed by atoms with E-state index < -0.39 is 34.6 Å². The Kier molecular flexibility index (Phi) is 7.30. The van der Waals surface area contributed by atoms with Gasteiger partial charge >= 0.3 is 6.03 Å². The number of rotatable bonds is 10. The standard InChI is InChI=1S/C21H28FN3O5S/c1-3-7-16-18(15-10-11-15)23-25(20(16)26)21(27)24-31(28,29)19-14(4-2)8-5-9-17(19)30-13-6-12-22/h5,8-9,15-16H,3-4,6-7,10-13H2,1-2H3,(H,24,27). The van der Waals surface area contributed by atoms with Gasteiger partial charge in [-0.25, -0.2) is 17.9 Å². The van der Waals surface area contributed by atoms with Crippen molar-refractivity contribution < 1.29 is 27.1 Å². The summed E-state index contributed by atoms with van der Waals surface area (Å²) in [5.41, 5.74) is 1.11. The summed E-state index contributed by atoms with van der Waals surface area (Å²) < 4.78 is 46.1. The molecule has 0 spiro atoms. The van der Waals surface area contributed by atoms with Crippen LogP contribution in [0, 0.1) is 11.8 Å². The summed E-state index contributed by atoms with van der Waals surface area (Å²) in [5.74, 6) is -0.758. The van der Waals surface area contributed by atoms with Crippen molar-refractivity contribution in [1.29, 1.82) is 0 Å². The van der Waals surface area contributed by atoms with Crippen LogP contribution in [0.1, 0.15) is 51.5 Å². The molecular weight excluding hydrogens is 425 g/mol. The molecule has 0 saturated heterocycles. The highest BCUT2D eigenvalue weighted by Crippen LogP contribution is 2.38. The monoisotopic (exact) mass is 453 g/mol. The van der Waals surface area contributed by atoms with Crippen LogP contribution in [0.15, 0.2) is 28.2 Å². The van der Waals surface area contributed by atoms with E-state index in [9.17, 15) is 22.4 Å². The molecule has 0 radical (unpaired) electrons. The molecule has 10 heteroatoms. The molecule has 31 heavy (non-hydrogen) atoms. The largest absolute Gasteiger partial charge is 0.492 e. The molecule has 2 aliphatic rings. The van der Waals surface area contributed by atoms with E-state index in [1.54, 1.807) is 19.1 Å². The van der Waals surface area contributed by atoms with Crippen molar-refractivity contribution in [2.24, 2.45) is 16.9 Å². The van der Waals surface area contributed by atoms with Gasteiger partial charge < -0.3 is 4.74 Å². The van der Waals surface area contributed by atoms with Crippen LogP contribution < -0.4 is 9.46 Å². The fourth-order valence-corrected chi connectivity index (χ4v) is 5.03. The van der Waals surface area contributed by atoms with Crippen molar-refractivity contribution in [3.63, 3.8) is 0 Å². The Hall–Kier alpha value is -2.49. The number of sulfonamides is 1. The number of aryl methyl sites for hydroxylation is 1. The van der Waals surface area contributed by atoms with Gasteiger partial charge in [0.2, 0.25) is 0 Å². The molecule has 1 fully saturated rings. The molecule has 1 unspecified atom stereocenters. The fourth-order valence-electron chi connectivity index (χ4n) is 3.66. The number of hydrogen-bond acceptors (Lipinski definition) is 6. The zero-order chi connectivity index (χ0) is 22.6. The molecule has 170 valence electrons. The number of amides is 3. The molecule has 1 aromatic rings. The Labute approximate surface area is 181 Å². The maximum atomic E-state index is 13.1. The third-order valence-electron chi connectivity index (χ3n) is 5.31. The lowest BCUT2D eigenvalue weighted by Gasteiger charge is -2.17. The number of benzene rings is 1. The molecule has 1 N–H and O–H groups in total. The molecule has 1 aromatic carbocycles. The van der Waals surface area contributed by atoms with Crippen LogP contribution in [0.2, 0.25) is 0 Å². The number of nitrogens with zero attached hydrogens (tertiary/aromatic N) is 2. The second kappa shape index (κ2) is 9.76. The quantitative estimate of drug-likeness (QED) is 0.547. The van der Waals surface area contributed by atoms with Crippen LogP contribution in [-0.2, 0) is 21.2 Å². The van der Waals surface area contributed by atoms with Crippen LogP contribution in [-0.4, -0.2) is 44.4 Å². The second-order valence-corrected chi connectivity index (χ2v) is 9.31. The number of carbonyl (C=O) groups is 2. The molecule has 3 amide bonds. The number of hydrogen-bond donors (Lipinski definition) is 1. The number of carbonyl (C=O) groups excluding carboxylic acids is 2. The van der Waals surface area contributed by atoms with Gasteiger partial charge in [0.1, 0.15) is 10.6 Å². The number of nitrogens with one attached hydrogen (secondary N) is 1. The predicted molar refractivity (Wildman–Crippen MR) is 113 cm³/mol. The Morgan fingerprint density at radius 3 is 2.68 bits per heavy atom. The third kappa shape index (κ3) is 5.06. The Bertz CT molecular complexity index is 975. The number of halogens is 1. The number of urea groups is 1. The lowest BCUT2D eigenvalue weighted by molar-refractivity contribution is -0.129. The topological polar surface area (TPSA) is 105 Å². The number of alkyl halides is 1. The van der Waals surface area contributed by atoms with Crippen LogP contribution in [0.4, 0.5) is 9.18 Å². The van der Waals surface area contributed by atoms with E-state index in [4.69, 9.17) is 4.74 Å².